The number of hydrogen-bond acceptors (Lipinski definition) is 0. The van der Waals surface area contributed by atoms with Gasteiger partial charge < -0.3 is 4.48 Å². The maximum Gasteiger partial charge on any atom is 0.143 e. The molecule has 1 nitrogen and oxygen atoms in total. The Morgan fingerprint density at radius 2 is 2.14 bits per heavy atom. The van der Waals surface area contributed by atoms with Gasteiger partial charge in [-0.3, -0.25) is 0 Å². The summed E-state index contributed by atoms with van der Waals surface area (Å²) in [5.74, 6) is 2.76. The summed E-state index contributed by atoms with van der Waals surface area (Å²) in [5.41, 5.74) is 1.43. The summed E-state index contributed by atoms with van der Waals surface area (Å²) in [6.07, 6.45) is 6.51. The molecular formula is C13H16N+. The molecule has 1 aliphatic heterocycles. The fourth-order valence-corrected chi connectivity index (χ4v) is 2.01. The van der Waals surface area contributed by atoms with Gasteiger partial charge in [-0.1, -0.05) is 30.3 Å². The molecule has 0 bridgehead atoms. The van der Waals surface area contributed by atoms with Crippen molar-refractivity contribution in [2.24, 2.45) is 0 Å². The van der Waals surface area contributed by atoms with Crippen LogP contribution in [0.3, 0.4) is 0 Å². The standard InChI is InChI=1S/C13H16N/c1-3-9-14(2)11-13(14)10-12-7-5-4-6-8-12/h1,4-8,13H,9-11H2,2H3/q+1/t13-,14?/m0/s1. The average molecular weight is 186 g/mol. The van der Waals surface area contributed by atoms with Crippen LogP contribution < -0.4 is 0 Å². The molecule has 14 heavy (non-hydrogen) atoms. The SMILES string of the molecule is C#CC[N+]1(C)C[C@@H]1Cc1ccccc1. The Balaban J connectivity index is 1.94. The Kier molecular flexibility index (Phi) is 2.31. The van der Waals surface area contributed by atoms with Gasteiger partial charge in [0.25, 0.3) is 0 Å². The van der Waals surface area contributed by atoms with Gasteiger partial charge in [0.1, 0.15) is 19.1 Å². The van der Waals surface area contributed by atoms with Gasteiger partial charge in [-0.15, -0.1) is 6.42 Å². The largest absolute Gasteiger partial charge is 0.304 e. The van der Waals surface area contributed by atoms with E-state index < -0.39 is 0 Å². The quantitative estimate of drug-likeness (QED) is 0.383. The first kappa shape index (κ1) is 9.30. The van der Waals surface area contributed by atoms with E-state index in [1.807, 2.05) is 0 Å². The Labute approximate surface area is 85.9 Å². The van der Waals surface area contributed by atoms with E-state index in [2.05, 4.69) is 43.3 Å². The molecule has 2 rings (SSSR count). The third-order valence-electron chi connectivity index (χ3n) is 3.14. The first-order valence-corrected chi connectivity index (χ1v) is 5.06. The van der Waals surface area contributed by atoms with Gasteiger partial charge in [-0.2, -0.15) is 0 Å². The minimum Gasteiger partial charge on any atom is -0.304 e. The Bertz CT molecular complexity index is 349. The predicted molar refractivity (Wildman–Crippen MR) is 58.7 cm³/mol. The molecule has 1 aliphatic rings. The predicted octanol–water partition coefficient (Wildman–Crippen LogP) is 1.69. The highest BCUT2D eigenvalue weighted by atomic mass is 15.5. The first-order valence-electron chi connectivity index (χ1n) is 5.06. The second-order valence-corrected chi connectivity index (χ2v) is 4.37. The molecule has 1 heteroatoms. The van der Waals surface area contributed by atoms with Crippen molar-refractivity contribution in [1.29, 1.82) is 0 Å². The van der Waals surface area contributed by atoms with Crippen molar-refractivity contribution in [3.05, 3.63) is 35.9 Å². The van der Waals surface area contributed by atoms with Crippen LogP contribution in [0, 0.1) is 12.3 Å². The van der Waals surface area contributed by atoms with E-state index in [1.54, 1.807) is 0 Å². The molecule has 1 saturated heterocycles. The normalized spacial score (nSPS) is 29.6. The fraction of sp³-hybridized carbons (Fsp3) is 0.385. The first-order chi connectivity index (χ1) is 6.74. The number of rotatable bonds is 3. The van der Waals surface area contributed by atoms with Crippen molar-refractivity contribution >= 4 is 0 Å². The van der Waals surface area contributed by atoms with Gasteiger partial charge in [0, 0.05) is 6.42 Å². The lowest BCUT2D eigenvalue weighted by molar-refractivity contribution is -0.783. The molecule has 0 aliphatic carbocycles. The molecule has 2 atom stereocenters. The molecule has 0 N–H and O–H groups in total. The van der Waals surface area contributed by atoms with Gasteiger partial charge in [-0.25, -0.2) is 0 Å². The van der Waals surface area contributed by atoms with Crippen LogP contribution in [-0.2, 0) is 6.42 Å². The summed E-state index contributed by atoms with van der Waals surface area (Å²) in [7, 11) is 2.24. The molecule has 1 heterocycles. The van der Waals surface area contributed by atoms with Crippen molar-refractivity contribution in [1.82, 2.24) is 0 Å². The van der Waals surface area contributed by atoms with E-state index in [-0.39, 0.29) is 0 Å². The van der Waals surface area contributed by atoms with Gasteiger partial charge in [0.2, 0.25) is 0 Å². The van der Waals surface area contributed by atoms with E-state index in [1.165, 1.54) is 18.5 Å². The van der Waals surface area contributed by atoms with Crippen molar-refractivity contribution < 1.29 is 4.48 Å². The topological polar surface area (TPSA) is 0 Å². The Morgan fingerprint density at radius 3 is 2.79 bits per heavy atom. The van der Waals surface area contributed by atoms with E-state index in [4.69, 9.17) is 6.42 Å². The van der Waals surface area contributed by atoms with Crippen molar-refractivity contribution in [2.75, 3.05) is 20.1 Å². The number of terminal acetylenes is 1. The molecular weight excluding hydrogens is 170 g/mol. The highest BCUT2D eigenvalue weighted by Crippen LogP contribution is 2.30. The highest BCUT2D eigenvalue weighted by Gasteiger charge is 2.49. The Morgan fingerprint density at radius 1 is 1.43 bits per heavy atom. The van der Waals surface area contributed by atoms with Crippen LogP contribution in [0.1, 0.15) is 5.56 Å². The van der Waals surface area contributed by atoms with E-state index in [0.29, 0.717) is 0 Å². The van der Waals surface area contributed by atoms with Crippen LogP contribution in [0.25, 0.3) is 0 Å². The number of benzene rings is 1. The number of nitrogens with zero attached hydrogens (tertiary/aromatic N) is 1. The summed E-state index contributed by atoms with van der Waals surface area (Å²) in [6, 6.07) is 11.4. The smallest absolute Gasteiger partial charge is 0.143 e. The van der Waals surface area contributed by atoms with Gasteiger partial charge in [-0.05, 0) is 11.5 Å². The van der Waals surface area contributed by atoms with Gasteiger partial charge in [0.05, 0.1) is 7.05 Å². The van der Waals surface area contributed by atoms with Gasteiger partial charge in [0.15, 0.2) is 0 Å². The van der Waals surface area contributed by atoms with E-state index in [0.717, 1.165) is 17.1 Å². The molecule has 0 saturated carbocycles. The van der Waals surface area contributed by atoms with Crippen LogP contribution in [0.4, 0.5) is 0 Å². The second kappa shape index (κ2) is 3.48. The lowest BCUT2D eigenvalue weighted by Crippen LogP contribution is -2.24. The summed E-state index contributed by atoms with van der Waals surface area (Å²) < 4.78 is 1.06. The molecule has 1 aromatic carbocycles. The number of likely N-dealkylation sites (N-methyl/N-ethyl adjacent to an activating group) is 1. The summed E-state index contributed by atoms with van der Waals surface area (Å²) in [5, 5.41) is 0. The zero-order chi connectivity index (χ0) is 10.0. The fourth-order valence-electron chi connectivity index (χ4n) is 2.01. The number of quaternary nitrogens is 1. The number of hydrogen-bond donors (Lipinski definition) is 0. The van der Waals surface area contributed by atoms with Gasteiger partial charge >= 0.3 is 0 Å². The Hall–Kier alpha value is -1.26. The minimum atomic E-state index is 0.744. The molecule has 1 unspecified atom stereocenters. The zero-order valence-corrected chi connectivity index (χ0v) is 8.61. The lowest BCUT2D eigenvalue weighted by atomic mass is 10.1. The van der Waals surface area contributed by atoms with Crippen molar-refractivity contribution in [3.63, 3.8) is 0 Å². The maximum absolute atomic E-state index is 5.34. The molecule has 1 fully saturated rings. The maximum atomic E-state index is 5.34. The molecule has 0 amide bonds. The zero-order valence-electron chi connectivity index (χ0n) is 8.61. The van der Waals surface area contributed by atoms with Crippen LogP contribution in [0.2, 0.25) is 0 Å². The third kappa shape index (κ3) is 1.81. The van der Waals surface area contributed by atoms with Crippen LogP contribution in [-0.4, -0.2) is 30.7 Å². The summed E-state index contributed by atoms with van der Waals surface area (Å²) >= 11 is 0. The summed E-state index contributed by atoms with van der Waals surface area (Å²) in [4.78, 5) is 0. The van der Waals surface area contributed by atoms with E-state index >= 15 is 0 Å². The van der Waals surface area contributed by atoms with Crippen molar-refractivity contribution in [3.8, 4) is 12.3 Å². The third-order valence-corrected chi connectivity index (χ3v) is 3.14. The molecule has 1 aromatic rings. The minimum absolute atomic E-state index is 0.744. The monoisotopic (exact) mass is 186 g/mol. The van der Waals surface area contributed by atoms with Crippen LogP contribution in [0.15, 0.2) is 30.3 Å². The summed E-state index contributed by atoms with van der Waals surface area (Å²) in [6.45, 7) is 2.11. The molecule has 0 aromatic heterocycles. The van der Waals surface area contributed by atoms with Crippen LogP contribution >= 0.6 is 0 Å². The van der Waals surface area contributed by atoms with Crippen molar-refractivity contribution in [2.45, 2.75) is 12.5 Å². The molecule has 72 valence electrons. The van der Waals surface area contributed by atoms with E-state index in [9.17, 15) is 0 Å². The highest BCUT2D eigenvalue weighted by molar-refractivity contribution is 5.16. The van der Waals surface area contributed by atoms with Crippen LogP contribution in [0.5, 0.6) is 0 Å². The average Bonchev–Trinajstić information content (AvgIpc) is 2.78. The second-order valence-electron chi connectivity index (χ2n) is 4.37. The molecule has 0 radical (unpaired) electrons. The molecule has 0 spiro atoms. The lowest BCUT2D eigenvalue weighted by Gasteiger charge is -2.10.